The molecule has 4 nitrogen and oxygen atoms in total. The van der Waals surface area contributed by atoms with Gasteiger partial charge in [0, 0.05) is 13.5 Å². The van der Waals surface area contributed by atoms with Gasteiger partial charge in [0.05, 0.1) is 11.1 Å². The molecule has 1 N–H and O–H groups in total. The van der Waals surface area contributed by atoms with Crippen LogP contribution in [-0.4, -0.2) is 23.6 Å². The van der Waals surface area contributed by atoms with Crippen LogP contribution in [0.2, 0.25) is 0 Å². The molecule has 0 aromatic carbocycles. The largest absolute Gasteiger partial charge is 0.359 e. The molecule has 0 saturated carbocycles. The van der Waals surface area contributed by atoms with Crippen molar-refractivity contribution in [3.05, 3.63) is 11.1 Å². The summed E-state index contributed by atoms with van der Waals surface area (Å²) in [6.07, 6.45) is 4.99. The van der Waals surface area contributed by atoms with E-state index in [9.17, 15) is 4.79 Å². The molecule has 15 heavy (non-hydrogen) atoms. The lowest BCUT2D eigenvalue weighted by molar-refractivity contribution is 0.0343. The van der Waals surface area contributed by atoms with E-state index >= 15 is 0 Å². The van der Waals surface area contributed by atoms with Gasteiger partial charge in [0.25, 0.3) is 0 Å². The maximum Gasteiger partial charge on any atom is 0.185 e. The summed E-state index contributed by atoms with van der Waals surface area (Å²) < 4.78 is 5.52. The van der Waals surface area contributed by atoms with Crippen molar-refractivity contribution in [1.29, 1.82) is 0 Å². The minimum atomic E-state index is 0.0599. The van der Waals surface area contributed by atoms with Crippen LogP contribution in [0.5, 0.6) is 0 Å². The normalized spacial score (nSPS) is 21.3. The molecule has 0 aliphatic carbocycles. The van der Waals surface area contributed by atoms with Crippen LogP contribution in [0.25, 0.3) is 0 Å². The highest BCUT2D eigenvalue weighted by Crippen LogP contribution is 2.22. The van der Waals surface area contributed by atoms with Crippen molar-refractivity contribution >= 4 is 22.3 Å². The minimum Gasteiger partial charge on any atom is -0.359 e. The zero-order valence-electron chi connectivity index (χ0n) is 8.66. The lowest BCUT2D eigenvalue weighted by Gasteiger charge is -2.22. The molecule has 2 heterocycles. The number of anilines is 1. The van der Waals surface area contributed by atoms with Gasteiger partial charge in [-0.1, -0.05) is 11.3 Å². The predicted octanol–water partition coefficient (Wildman–Crippen LogP) is 2.28. The lowest BCUT2D eigenvalue weighted by atomic mass is 10.2. The monoisotopic (exact) mass is 226 g/mol. The topological polar surface area (TPSA) is 51.2 Å². The Hall–Kier alpha value is -0.940. The van der Waals surface area contributed by atoms with Gasteiger partial charge in [0.1, 0.15) is 6.23 Å². The van der Waals surface area contributed by atoms with Crippen LogP contribution in [0.3, 0.4) is 0 Å². The summed E-state index contributed by atoms with van der Waals surface area (Å²) in [4.78, 5) is 15.9. The van der Waals surface area contributed by atoms with Crippen LogP contribution < -0.4 is 5.32 Å². The highest BCUT2D eigenvalue weighted by Gasteiger charge is 2.15. The molecule has 2 rings (SSSR count). The molecule has 1 aromatic rings. The second-order valence-corrected chi connectivity index (χ2v) is 4.62. The number of hydrogen-bond donors (Lipinski definition) is 1. The van der Waals surface area contributed by atoms with Gasteiger partial charge in [0.2, 0.25) is 0 Å². The number of ether oxygens (including phenoxy) is 1. The van der Waals surface area contributed by atoms with Gasteiger partial charge in [0.15, 0.2) is 10.9 Å². The highest BCUT2D eigenvalue weighted by atomic mass is 32.1. The number of nitrogens with zero attached hydrogens (tertiary/aromatic N) is 1. The summed E-state index contributed by atoms with van der Waals surface area (Å²) in [5.41, 5.74) is 0. The zero-order valence-corrected chi connectivity index (χ0v) is 9.47. The first-order valence-electron chi connectivity index (χ1n) is 5.10. The molecule has 0 bridgehead atoms. The Morgan fingerprint density at radius 3 is 3.13 bits per heavy atom. The first-order chi connectivity index (χ1) is 7.25. The summed E-state index contributed by atoms with van der Waals surface area (Å²) in [6, 6.07) is 0. The van der Waals surface area contributed by atoms with Gasteiger partial charge >= 0.3 is 0 Å². The smallest absolute Gasteiger partial charge is 0.185 e. The summed E-state index contributed by atoms with van der Waals surface area (Å²) >= 11 is 1.38. The lowest BCUT2D eigenvalue weighted by Crippen LogP contribution is -2.26. The maximum absolute atomic E-state index is 11.1. The standard InChI is InChI=1S/C10H14N2O2S/c1-7(13)8-6-11-10(15-8)12-9-4-2-3-5-14-9/h6,9H,2-5H2,1H3,(H,11,12). The molecule has 82 valence electrons. The third-order valence-corrected chi connectivity index (χ3v) is 3.35. The van der Waals surface area contributed by atoms with E-state index in [1.807, 2.05) is 0 Å². The molecule has 1 saturated heterocycles. The molecule has 0 spiro atoms. The average Bonchev–Trinajstić information content (AvgIpc) is 2.68. The van der Waals surface area contributed by atoms with Crippen molar-refractivity contribution in [3.63, 3.8) is 0 Å². The summed E-state index contributed by atoms with van der Waals surface area (Å²) in [6.45, 7) is 2.36. The second kappa shape index (κ2) is 4.72. The van der Waals surface area contributed by atoms with Gasteiger partial charge in [-0.05, 0) is 19.3 Å². The third-order valence-electron chi connectivity index (χ3n) is 2.32. The van der Waals surface area contributed by atoms with E-state index < -0.39 is 0 Å². The van der Waals surface area contributed by atoms with Crippen LogP contribution >= 0.6 is 11.3 Å². The van der Waals surface area contributed by atoms with Crippen LogP contribution in [-0.2, 0) is 4.74 Å². The summed E-state index contributed by atoms with van der Waals surface area (Å²) in [7, 11) is 0. The van der Waals surface area contributed by atoms with E-state index in [-0.39, 0.29) is 12.0 Å². The fraction of sp³-hybridized carbons (Fsp3) is 0.600. The average molecular weight is 226 g/mol. The van der Waals surface area contributed by atoms with E-state index in [1.165, 1.54) is 17.8 Å². The SMILES string of the molecule is CC(=O)c1cnc(NC2CCCCO2)s1. The van der Waals surface area contributed by atoms with Crippen LogP contribution in [0.15, 0.2) is 6.20 Å². The Balaban J connectivity index is 1.94. The molecular weight excluding hydrogens is 212 g/mol. The Labute approximate surface area is 92.7 Å². The predicted molar refractivity (Wildman–Crippen MR) is 59.3 cm³/mol. The Morgan fingerprint density at radius 2 is 2.53 bits per heavy atom. The van der Waals surface area contributed by atoms with Gasteiger partial charge in [-0.3, -0.25) is 4.79 Å². The number of hydrogen-bond acceptors (Lipinski definition) is 5. The van der Waals surface area contributed by atoms with Crippen molar-refractivity contribution in [3.8, 4) is 0 Å². The molecular formula is C10H14N2O2S. The number of carbonyl (C=O) groups is 1. The molecule has 0 radical (unpaired) electrons. The highest BCUT2D eigenvalue weighted by molar-refractivity contribution is 7.17. The molecule has 1 aliphatic heterocycles. The van der Waals surface area contributed by atoms with Crippen LogP contribution in [0, 0.1) is 0 Å². The van der Waals surface area contributed by atoms with Crippen molar-refractivity contribution < 1.29 is 9.53 Å². The zero-order chi connectivity index (χ0) is 10.7. The first-order valence-corrected chi connectivity index (χ1v) is 5.92. The summed E-state index contributed by atoms with van der Waals surface area (Å²) in [5.74, 6) is 0.0603. The molecule has 1 aliphatic rings. The number of rotatable bonds is 3. The van der Waals surface area contributed by atoms with Crippen LogP contribution in [0.1, 0.15) is 35.9 Å². The van der Waals surface area contributed by atoms with E-state index in [0.29, 0.717) is 4.88 Å². The van der Waals surface area contributed by atoms with Crippen LogP contribution in [0.4, 0.5) is 5.13 Å². The van der Waals surface area contributed by atoms with Crippen molar-refractivity contribution in [2.75, 3.05) is 11.9 Å². The van der Waals surface area contributed by atoms with Gasteiger partial charge in [-0.15, -0.1) is 0 Å². The number of ketones is 1. The van der Waals surface area contributed by atoms with E-state index in [1.54, 1.807) is 13.1 Å². The first kappa shape index (κ1) is 10.6. The quantitative estimate of drug-likeness (QED) is 0.803. The van der Waals surface area contributed by atoms with Gasteiger partial charge in [-0.2, -0.15) is 0 Å². The molecule has 1 fully saturated rings. The number of Topliss-reactive ketones (excluding diaryl/α,β-unsaturated/α-hetero) is 1. The molecule has 0 amide bonds. The van der Waals surface area contributed by atoms with Crippen molar-refractivity contribution in [1.82, 2.24) is 4.98 Å². The number of aromatic nitrogens is 1. The van der Waals surface area contributed by atoms with E-state index in [4.69, 9.17) is 4.74 Å². The van der Waals surface area contributed by atoms with Crippen molar-refractivity contribution in [2.45, 2.75) is 32.4 Å². The third kappa shape index (κ3) is 2.76. The Morgan fingerprint density at radius 1 is 1.67 bits per heavy atom. The molecule has 1 aromatic heterocycles. The number of thiazole rings is 1. The van der Waals surface area contributed by atoms with E-state index in [0.717, 1.165) is 24.6 Å². The summed E-state index contributed by atoms with van der Waals surface area (Å²) in [5, 5.41) is 3.96. The van der Waals surface area contributed by atoms with Crippen molar-refractivity contribution in [2.24, 2.45) is 0 Å². The van der Waals surface area contributed by atoms with Gasteiger partial charge < -0.3 is 10.1 Å². The molecule has 1 unspecified atom stereocenters. The fourth-order valence-corrected chi connectivity index (χ4v) is 2.25. The number of nitrogens with one attached hydrogen (secondary N) is 1. The number of carbonyl (C=O) groups excluding carboxylic acids is 1. The fourth-order valence-electron chi connectivity index (χ4n) is 1.50. The van der Waals surface area contributed by atoms with Gasteiger partial charge in [-0.25, -0.2) is 4.98 Å². The molecule has 5 heteroatoms. The Bertz CT molecular complexity index is 345. The Kier molecular flexibility index (Phi) is 3.33. The second-order valence-electron chi connectivity index (χ2n) is 3.59. The minimum absolute atomic E-state index is 0.0599. The molecule has 1 atom stereocenters. The maximum atomic E-state index is 11.1. The van der Waals surface area contributed by atoms with E-state index in [2.05, 4.69) is 10.3 Å².